The number of aliphatic hydroxyl groups excluding tert-OH is 1. The monoisotopic (exact) mass is 506 g/mol. The molecule has 10 heteroatoms. The summed E-state index contributed by atoms with van der Waals surface area (Å²) in [5.74, 6) is -2.91. The molecule has 0 aromatic heterocycles. The van der Waals surface area contributed by atoms with E-state index < -0.39 is 34.4 Å². The van der Waals surface area contributed by atoms with Crippen molar-refractivity contribution in [1.82, 2.24) is 0 Å². The first-order valence-corrected chi connectivity index (χ1v) is 11.2. The molecule has 3 aromatic rings. The summed E-state index contributed by atoms with van der Waals surface area (Å²) >= 11 is 5.93. The minimum absolute atomic E-state index is 0.187. The van der Waals surface area contributed by atoms with Gasteiger partial charge in [0.2, 0.25) is 0 Å². The molecule has 0 aliphatic carbocycles. The number of halogens is 1. The quantitative estimate of drug-likeness (QED) is 0.124. The maximum Gasteiger partial charge on any atom is 0.338 e. The topological polar surface area (TPSA) is 127 Å². The lowest BCUT2D eigenvalue weighted by molar-refractivity contribution is -0.384. The first-order valence-electron chi connectivity index (χ1n) is 10.8. The van der Waals surface area contributed by atoms with Crippen LogP contribution >= 0.6 is 11.6 Å². The van der Waals surface area contributed by atoms with Crippen LogP contribution in [0, 0.1) is 10.1 Å². The maximum atomic E-state index is 13.2. The summed E-state index contributed by atoms with van der Waals surface area (Å²) in [4.78, 5) is 50.4. The Hall–Kier alpha value is -4.50. The molecule has 4 rings (SSSR count). The first-order chi connectivity index (χ1) is 17.2. The molecule has 0 unspecified atom stereocenters. The van der Waals surface area contributed by atoms with Crippen LogP contribution < -0.4 is 4.90 Å². The van der Waals surface area contributed by atoms with E-state index in [1.54, 1.807) is 6.92 Å². The van der Waals surface area contributed by atoms with Gasteiger partial charge in [-0.05, 0) is 61.0 Å². The van der Waals surface area contributed by atoms with Crippen LogP contribution in [0.4, 0.5) is 11.4 Å². The van der Waals surface area contributed by atoms with Crippen LogP contribution in [0.1, 0.15) is 34.5 Å². The normalized spacial score (nSPS) is 16.7. The summed E-state index contributed by atoms with van der Waals surface area (Å²) in [5.41, 5.74) is 0.487. The van der Waals surface area contributed by atoms with Crippen molar-refractivity contribution in [3.8, 4) is 0 Å². The average Bonchev–Trinajstić information content (AvgIpc) is 3.14. The van der Waals surface area contributed by atoms with E-state index in [1.807, 2.05) is 0 Å². The van der Waals surface area contributed by atoms with E-state index in [-0.39, 0.29) is 40.2 Å². The zero-order valence-corrected chi connectivity index (χ0v) is 19.6. The van der Waals surface area contributed by atoms with Gasteiger partial charge >= 0.3 is 5.97 Å². The second-order valence-corrected chi connectivity index (χ2v) is 8.23. The van der Waals surface area contributed by atoms with Crippen molar-refractivity contribution < 1.29 is 29.2 Å². The number of ketones is 1. The number of nitro benzene ring substituents is 1. The molecule has 0 bridgehead atoms. The molecule has 0 saturated carbocycles. The standard InChI is InChI=1S/C26H19ClN2O7/c1-2-36-26(33)16-8-12-19(13-9-16)28-22(17-4-3-5-20(14-17)29(34)35)21(24(31)25(28)32)23(30)15-6-10-18(27)11-7-15/h3-14,22,30H,2H2,1H3/b23-21+/t22-/m0/s1. The van der Waals surface area contributed by atoms with Crippen LogP contribution in [0.5, 0.6) is 0 Å². The Morgan fingerprint density at radius 1 is 1.06 bits per heavy atom. The summed E-state index contributed by atoms with van der Waals surface area (Å²) in [6.07, 6.45) is 0. The fraction of sp³-hybridized carbons (Fsp3) is 0.115. The number of rotatable bonds is 6. The van der Waals surface area contributed by atoms with Crippen LogP contribution in [0.2, 0.25) is 5.02 Å². The summed E-state index contributed by atoms with van der Waals surface area (Å²) < 4.78 is 4.98. The molecule has 1 saturated heterocycles. The number of carbonyl (C=O) groups excluding carboxylic acids is 3. The smallest absolute Gasteiger partial charge is 0.338 e. The Morgan fingerprint density at radius 2 is 1.69 bits per heavy atom. The third-order valence-electron chi connectivity index (χ3n) is 5.62. The molecule has 1 atom stereocenters. The number of nitro groups is 1. The van der Waals surface area contributed by atoms with Gasteiger partial charge in [0.05, 0.1) is 28.7 Å². The number of hydrogen-bond acceptors (Lipinski definition) is 7. The SMILES string of the molecule is CCOC(=O)c1ccc(N2C(=O)C(=O)/C(=C(/O)c3ccc(Cl)cc3)[C@@H]2c2cccc([N+](=O)[O-])c2)cc1. The third-order valence-corrected chi connectivity index (χ3v) is 5.87. The lowest BCUT2D eigenvalue weighted by atomic mass is 9.94. The zero-order valence-electron chi connectivity index (χ0n) is 18.9. The van der Waals surface area contributed by atoms with E-state index in [0.29, 0.717) is 5.02 Å². The molecule has 1 N–H and O–H groups in total. The molecule has 182 valence electrons. The van der Waals surface area contributed by atoms with Gasteiger partial charge in [-0.3, -0.25) is 24.6 Å². The number of carbonyl (C=O) groups is 3. The highest BCUT2D eigenvalue weighted by molar-refractivity contribution is 6.51. The van der Waals surface area contributed by atoms with Gasteiger partial charge in [0, 0.05) is 28.4 Å². The van der Waals surface area contributed by atoms with E-state index in [9.17, 15) is 29.6 Å². The number of benzene rings is 3. The molecule has 9 nitrogen and oxygen atoms in total. The Morgan fingerprint density at radius 3 is 2.31 bits per heavy atom. The summed E-state index contributed by atoms with van der Waals surface area (Å²) in [5, 5.41) is 22.9. The van der Waals surface area contributed by atoms with Gasteiger partial charge in [0.1, 0.15) is 5.76 Å². The van der Waals surface area contributed by atoms with Crippen LogP contribution in [-0.2, 0) is 14.3 Å². The molecule has 1 amide bonds. The van der Waals surface area contributed by atoms with Crippen LogP contribution in [-0.4, -0.2) is 34.3 Å². The average molecular weight is 507 g/mol. The Bertz CT molecular complexity index is 1400. The second-order valence-electron chi connectivity index (χ2n) is 7.80. The number of ether oxygens (including phenoxy) is 1. The second kappa shape index (κ2) is 10.0. The molecular formula is C26H19ClN2O7. The van der Waals surface area contributed by atoms with E-state index in [2.05, 4.69) is 0 Å². The number of non-ortho nitro benzene ring substituents is 1. The minimum atomic E-state index is -1.17. The van der Waals surface area contributed by atoms with Crippen molar-refractivity contribution >= 4 is 46.4 Å². The number of aliphatic hydroxyl groups is 1. The van der Waals surface area contributed by atoms with Gasteiger partial charge in [-0.1, -0.05) is 23.7 Å². The van der Waals surface area contributed by atoms with Crippen LogP contribution in [0.15, 0.2) is 78.4 Å². The number of esters is 1. The molecule has 1 aliphatic heterocycles. The zero-order chi connectivity index (χ0) is 26.0. The summed E-state index contributed by atoms with van der Waals surface area (Å²) in [6, 6.07) is 16.1. The molecule has 36 heavy (non-hydrogen) atoms. The Kier molecular flexibility index (Phi) is 6.84. The third kappa shape index (κ3) is 4.56. The number of hydrogen-bond donors (Lipinski definition) is 1. The maximum absolute atomic E-state index is 13.2. The van der Waals surface area contributed by atoms with E-state index in [4.69, 9.17) is 16.3 Å². The Balaban J connectivity index is 1.89. The van der Waals surface area contributed by atoms with Crippen molar-refractivity contribution in [2.45, 2.75) is 13.0 Å². The molecule has 0 radical (unpaired) electrons. The molecule has 1 heterocycles. The molecule has 0 spiro atoms. The van der Waals surface area contributed by atoms with Crippen molar-refractivity contribution in [1.29, 1.82) is 0 Å². The molecule has 3 aromatic carbocycles. The number of amides is 1. The van der Waals surface area contributed by atoms with Crippen molar-refractivity contribution in [3.05, 3.63) is 110 Å². The van der Waals surface area contributed by atoms with E-state index in [0.717, 1.165) is 4.90 Å². The van der Waals surface area contributed by atoms with Crippen molar-refractivity contribution in [2.24, 2.45) is 0 Å². The lowest BCUT2D eigenvalue weighted by Gasteiger charge is -2.25. The fourth-order valence-electron chi connectivity index (χ4n) is 3.96. The minimum Gasteiger partial charge on any atom is -0.507 e. The molecular weight excluding hydrogens is 488 g/mol. The fourth-order valence-corrected chi connectivity index (χ4v) is 4.08. The predicted octanol–water partition coefficient (Wildman–Crippen LogP) is 5.05. The van der Waals surface area contributed by atoms with Gasteiger partial charge in [-0.25, -0.2) is 4.79 Å². The molecule has 1 aliphatic rings. The number of anilines is 1. The first kappa shape index (κ1) is 24.6. The Labute approximate surface area is 210 Å². The van der Waals surface area contributed by atoms with E-state index in [1.165, 1.54) is 72.8 Å². The number of nitrogens with zero attached hydrogens (tertiary/aromatic N) is 2. The van der Waals surface area contributed by atoms with Crippen molar-refractivity contribution in [2.75, 3.05) is 11.5 Å². The van der Waals surface area contributed by atoms with Crippen LogP contribution in [0.25, 0.3) is 5.76 Å². The van der Waals surface area contributed by atoms with E-state index >= 15 is 0 Å². The van der Waals surface area contributed by atoms with Gasteiger partial charge in [0.25, 0.3) is 17.4 Å². The highest BCUT2D eigenvalue weighted by Gasteiger charge is 2.47. The highest BCUT2D eigenvalue weighted by atomic mass is 35.5. The summed E-state index contributed by atoms with van der Waals surface area (Å²) in [7, 11) is 0. The van der Waals surface area contributed by atoms with Gasteiger partial charge in [-0.2, -0.15) is 0 Å². The van der Waals surface area contributed by atoms with Gasteiger partial charge in [-0.15, -0.1) is 0 Å². The predicted molar refractivity (Wildman–Crippen MR) is 132 cm³/mol. The largest absolute Gasteiger partial charge is 0.507 e. The van der Waals surface area contributed by atoms with Crippen LogP contribution in [0.3, 0.4) is 0 Å². The summed E-state index contributed by atoms with van der Waals surface area (Å²) in [6.45, 7) is 1.86. The lowest BCUT2D eigenvalue weighted by Crippen LogP contribution is -2.29. The highest BCUT2D eigenvalue weighted by Crippen LogP contribution is 2.43. The van der Waals surface area contributed by atoms with Gasteiger partial charge < -0.3 is 9.84 Å². The van der Waals surface area contributed by atoms with Crippen molar-refractivity contribution in [3.63, 3.8) is 0 Å². The number of Topliss-reactive ketones (excluding diaryl/α,β-unsaturated/α-hetero) is 1. The molecule has 1 fully saturated rings. The van der Waals surface area contributed by atoms with Gasteiger partial charge in [0.15, 0.2) is 0 Å².